The smallest absolute Gasteiger partial charge is 0.237 e. The van der Waals surface area contributed by atoms with Gasteiger partial charge in [-0.2, -0.15) is 0 Å². The molecular formula is C11H22N2O2. The van der Waals surface area contributed by atoms with E-state index >= 15 is 0 Å². The minimum absolute atomic E-state index is 0.128. The Labute approximate surface area is 91.2 Å². The molecule has 0 aromatic carbocycles. The number of amides is 1. The van der Waals surface area contributed by atoms with E-state index in [1.54, 1.807) is 0 Å². The van der Waals surface area contributed by atoms with E-state index in [4.69, 9.17) is 5.73 Å². The zero-order valence-corrected chi connectivity index (χ0v) is 9.62. The fourth-order valence-corrected chi connectivity index (χ4v) is 1.88. The van der Waals surface area contributed by atoms with Crippen molar-refractivity contribution in [3.63, 3.8) is 0 Å². The van der Waals surface area contributed by atoms with Crippen molar-refractivity contribution in [3.05, 3.63) is 0 Å². The lowest BCUT2D eigenvalue weighted by molar-refractivity contribution is -0.124. The summed E-state index contributed by atoms with van der Waals surface area (Å²) in [5.74, 6) is -0.0338. The van der Waals surface area contributed by atoms with Gasteiger partial charge in [0, 0.05) is 6.54 Å². The molecule has 4 heteroatoms. The third kappa shape index (κ3) is 3.47. The predicted molar refractivity (Wildman–Crippen MR) is 59.2 cm³/mol. The van der Waals surface area contributed by atoms with Gasteiger partial charge in [0.15, 0.2) is 0 Å². The van der Waals surface area contributed by atoms with Crippen LogP contribution in [0.1, 0.15) is 39.5 Å². The standard InChI is InChI=1S/C11H22N2O2/c1-8(2)9(12)10(14)13-7-11(15)5-3-4-6-11/h8-9,15H,3-7,12H2,1-2H3,(H,13,14)/t9-/m0/s1. The van der Waals surface area contributed by atoms with Crippen molar-refractivity contribution >= 4 is 5.91 Å². The number of rotatable bonds is 4. The number of nitrogens with two attached hydrogens (primary N) is 1. The van der Waals surface area contributed by atoms with Gasteiger partial charge in [-0.05, 0) is 18.8 Å². The van der Waals surface area contributed by atoms with Crippen molar-refractivity contribution in [1.82, 2.24) is 5.32 Å². The van der Waals surface area contributed by atoms with E-state index in [0.717, 1.165) is 25.7 Å². The lowest BCUT2D eigenvalue weighted by atomic mass is 10.0. The number of carbonyl (C=O) groups is 1. The molecule has 4 nitrogen and oxygen atoms in total. The number of hydrogen-bond donors (Lipinski definition) is 3. The molecule has 1 amide bonds. The Morgan fingerprint density at radius 2 is 2.00 bits per heavy atom. The third-order valence-corrected chi connectivity index (χ3v) is 3.15. The maximum Gasteiger partial charge on any atom is 0.237 e. The summed E-state index contributed by atoms with van der Waals surface area (Å²) in [5.41, 5.74) is 5.01. The Bertz CT molecular complexity index is 223. The van der Waals surface area contributed by atoms with E-state index in [1.807, 2.05) is 13.8 Å². The second-order valence-electron chi connectivity index (χ2n) is 4.92. The summed E-state index contributed by atoms with van der Waals surface area (Å²) in [6, 6.07) is -0.477. The highest BCUT2D eigenvalue weighted by Gasteiger charge is 2.32. The van der Waals surface area contributed by atoms with Crippen LogP contribution < -0.4 is 11.1 Å². The molecule has 88 valence electrons. The summed E-state index contributed by atoms with van der Waals surface area (Å²) in [5, 5.41) is 12.7. The molecule has 0 radical (unpaired) electrons. The average Bonchev–Trinajstić information content (AvgIpc) is 2.61. The number of aliphatic hydroxyl groups is 1. The second kappa shape index (κ2) is 4.94. The zero-order valence-electron chi connectivity index (χ0n) is 9.62. The largest absolute Gasteiger partial charge is 0.388 e. The van der Waals surface area contributed by atoms with Gasteiger partial charge in [0.1, 0.15) is 0 Å². The molecule has 0 bridgehead atoms. The Kier molecular flexibility index (Phi) is 4.11. The van der Waals surface area contributed by atoms with Crippen LogP contribution in [0, 0.1) is 5.92 Å². The molecule has 0 unspecified atom stereocenters. The van der Waals surface area contributed by atoms with Crippen LogP contribution in [-0.4, -0.2) is 29.2 Å². The van der Waals surface area contributed by atoms with Crippen LogP contribution in [0.3, 0.4) is 0 Å². The highest BCUT2D eigenvalue weighted by atomic mass is 16.3. The molecule has 0 aromatic rings. The van der Waals surface area contributed by atoms with Gasteiger partial charge < -0.3 is 16.2 Å². The number of carbonyl (C=O) groups excluding carboxylic acids is 1. The molecule has 1 aliphatic carbocycles. The molecule has 1 aliphatic rings. The van der Waals surface area contributed by atoms with Crippen LogP contribution in [0.15, 0.2) is 0 Å². The molecule has 15 heavy (non-hydrogen) atoms. The van der Waals surface area contributed by atoms with Gasteiger partial charge in [-0.15, -0.1) is 0 Å². The van der Waals surface area contributed by atoms with E-state index in [-0.39, 0.29) is 11.8 Å². The van der Waals surface area contributed by atoms with Crippen molar-refractivity contribution in [2.75, 3.05) is 6.54 Å². The van der Waals surface area contributed by atoms with Gasteiger partial charge >= 0.3 is 0 Å². The maximum absolute atomic E-state index is 11.5. The molecule has 1 saturated carbocycles. The van der Waals surface area contributed by atoms with Crippen LogP contribution in [0.25, 0.3) is 0 Å². The molecule has 0 aliphatic heterocycles. The van der Waals surface area contributed by atoms with Crippen molar-refractivity contribution in [3.8, 4) is 0 Å². The molecule has 0 aromatic heterocycles. The van der Waals surface area contributed by atoms with Crippen LogP contribution >= 0.6 is 0 Å². The number of nitrogens with one attached hydrogen (secondary N) is 1. The summed E-state index contributed by atoms with van der Waals surface area (Å²) in [6.45, 7) is 4.16. The summed E-state index contributed by atoms with van der Waals surface area (Å²) in [4.78, 5) is 11.5. The lowest BCUT2D eigenvalue weighted by Gasteiger charge is -2.24. The maximum atomic E-state index is 11.5. The third-order valence-electron chi connectivity index (χ3n) is 3.15. The van der Waals surface area contributed by atoms with Gasteiger partial charge in [0.05, 0.1) is 11.6 Å². The summed E-state index contributed by atoms with van der Waals surface area (Å²) in [7, 11) is 0. The van der Waals surface area contributed by atoms with Crippen LogP contribution in [-0.2, 0) is 4.79 Å². The normalized spacial score (nSPS) is 21.7. The minimum atomic E-state index is -0.688. The van der Waals surface area contributed by atoms with Crippen LogP contribution in [0.4, 0.5) is 0 Å². The quantitative estimate of drug-likeness (QED) is 0.633. The van der Waals surface area contributed by atoms with E-state index in [0.29, 0.717) is 6.54 Å². The topological polar surface area (TPSA) is 75.4 Å². The summed E-state index contributed by atoms with van der Waals surface area (Å²) >= 11 is 0. The Morgan fingerprint density at radius 1 is 1.47 bits per heavy atom. The van der Waals surface area contributed by atoms with E-state index in [1.165, 1.54) is 0 Å². The van der Waals surface area contributed by atoms with Gasteiger partial charge in [-0.1, -0.05) is 26.7 Å². The predicted octanol–water partition coefficient (Wildman–Crippen LogP) is 0.391. The molecule has 1 rings (SSSR count). The van der Waals surface area contributed by atoms with Crippen molar-refractivity contribution in [2.45, 2.75) is 51.2 Å². The second-order valence-corrected chi connectivity index (χ2v) is 4.92. The Morgan fingerprint density at radius 3 is 2.47 bits per heavy atom. The average molecular weight is 214 g/mol. The molecule has 1 atom stereocenters. The van der Waals surface area contributed by atoms with Crippen LogP contribution in [0.5, 0.6) is 0 Å². The molecule has 0 saturated heterocycles. The molecule has 0 heterocycles. The molecule has 1 fully saturated rings. The molecule has 0 spiro atoms. The van der Waals surface area contributed by atoms with Gasteiger partial charge in [0.2, 0.25) is 5.91 Å². The monoisotopic (exact) mass is 214 g/mol. The highest BCUT2D eigenvalue weighted by Crippen LogP contribution is 2.28. The van der Waals surface area contributed by atoms with E-state index in [2.05, 4.69) is 5.32 Å². The highest BCUT2D eigenvalue weighted by molar-refractivity contribution is 5.81. The lowest BCUT2D eigenvalue weighted by Crippen LogP contribution is -2.49. The van der Waals surface area contributed by atoms with Gasteiger partial charge in [-0.25, -0.2) is 0 Å². The first-order valence-corrected chi connectivity index (χ1v) is 5.70. The van der Waals surface area contributed by atoms with Crippen molar-refractivity contribution in [2.24, 2.45) is 11.7 Å². The van der Waals surface area contributed by atoms with E-state index < -0.39 is 11.6 Å². The zero-order chi connectivity index (χ0) is 11.5. The fraction of sp³-hybridized carbons (Fsp3) is 0.909. The Balaban J connectivity index is 2.33. The van der Waals surface area contributed by atoms with Crippen molar-refractivity contribution < 1.29 is 9.90 Å². The Hall–Kier alpha value is -0.610. The molecular weight excluding hydrogens is 192 g/mol. The first-order valence-electron chi connectivity index (χ1n) is 5.70. The van der Waals surface area contributed by atoms with Crippen LogP contribution in [0.2, 0.25) is 0 Å². The first-order chi connectivity index (χ1) is 6.94. The fourth-order valence-electron chi connectivity index (χ4n) is 1.88. The van der Waals surface area contributed by atoms with E-state index in [9.17, 15) is 9.90 Å². The molecule has 4 N–H and O–H groups in total. The SMILES string of the molecule is CC(C)[C@H](N)C(=O)NCC1(O)CCCC1. The van der Waals surface area contributed by atoms with Gasteiger partial charge in [0.25, 0.3) is 0 Å². The summed E-state index contributed by atoms with van der Waals surface area (Å²) in [6.07, 6.45) is 3.65. The number of hydrogen-bond acceptors (Lipinski definition) is 3. The summed E-state index contributed by atoms with van der Waals surface area (Å²) < 4.78 is 0. The van der Waals surface area contributed by atoms with Crippen molar-refractivity contribution in [1.29, 1.82) is 0 Å². The minimum Gasteiger partial charge on any atom is -0.388 e. The first kappa shape index (κ1) is 12.5. The van der Waals surface area contributed by atoms with Gasteiger partial charge in [-0.3, -0.25) is 4.79 Å².